The Morgan fingerprint density at radius 3 is 2.72 bits per heavy atom. The van der Waals surface area contributed by atoms with Gasteiger partial charge in [0.25, 0.3) is 5.22 Å². The summed E-state index contributed by atoms with van der Waals surface area (Å²) in [5.74, 6) is 0.785. The highest BCUT2D eigenvalue weighted by Gasteiger charge is 2.08. The van der Waals surface area contributed by atoms with Crippen molar-refractivity contribution in [2.24, 2.45) is 10.9 Å². The van der Waals surface area contributed by atoms with E-state index in [0.717, 1.165) is 16.3 Å². The first-order valence-electron chi connectivity index (χ1n) is 5.16. The van der Waals surface area contributed by atoms with E-state index in [1.54, 1.807) is 18.3 Å². The van der Waals surface area contributed by atoms with Gasteiger partial charge in [-0.05, 0) is 37.7 Å². The van der Waals surface area contributed by atoms with Crippen LogP contribution in [0.1, 0.15) is 17.1 Å². The van der Waals surface area contributed by atoms with Crippen LogP contribution in [0.15, 0.2) is 38.0 Å². The van der Waals surface area contributed by atoms with Crippen molar-refractivity contribution >= 4 is 17.6 Å². The Balaban J connectivity index is 2.15. The molecule has 2 heterocycles. The number of oxime groups is 1. The van der Waals surface area contributed by atoms with Gasteiger partial charge in [0.05, 0.1) is 5.69 Å². The van der Waals surface area contributed by atoms with Crippen LogP contribution in [0.4, 0.5) is 0 Å². The van der Waals surface area contributed by atoms with Crippen molar-refractivity contribution < 1.29 is 9.62 Å². The molecule has 0 atom stereocenters. The van der Waals surface area contributed by atoms with Gasteiger partial charge in [-0.25, -0.2) is 4.98 Å². The van der Waals surface area contributed by atoms with Gasteiger partial charge in [0.1, 0.15) is 11.5 Å². The van der Waals surface area contributed by atoms with Crippen molar-refractivity contribution in [3.63, 3.8) is 0 Å². The number of nitrogens with zero attached hydrogens (tertiary/aromatic N) is 3. The molecule has 6 nitrogen and oxygen atoms in total. The summed E-state index contributed by atoms with van der Waals surface area (Å²) in [6, 6.07) is 3.47. The van der Waals surface area contributed by atoms with Crippen LogP contribution in [0.3, 0.4) is 0 Å². The molecule has 0 aliphatic carbocycles. The lowest BCUT2D eigenvalue weighted by atomic mass is 10.3. The Labute approximate surface area is 108 Å². The van der Waals surface area contributed by atoms with E-state index in [1.807, 2.05) is 13.8 Å². The van der Waals surface area contributed by atoms with E-state index >= 15 is 0 Å². The van der Waals surface area contributed by atoms with Crippen LogP contribution in [0, 0.1) is 13.8 Å². The molecule has 0 aromatic carbocycles. The van der Waals surface area contributed by atoms with E-state index in [2.05, 4.69) is 15.1 Å². The van der Waals surface area contributed by atoms with Crippen LogP contribution in [0.5, 0.6) is 0 Å². The third kappa shape index (κ3) is 2.62. The zero-order valence-electron chi connectivity index (χ0n) is 9.91. The molecular weight excluding hydrogens is 252 g/mol. The van der Waals surface area contributed by atoms with E-state index in [4.69, 9.17) is 15.4 Å². The van der Waals surface area contributed by atoms with Crippen molar-refractivity contribution in [2.45, 2.75) is 24.0 Å². The molecule has 2 rings (SSSR count). The molecular formula is C11H12N4O2S. The second-order valence-corrected chi connectivity index (χ2v) is 4.61. The smallest absolute Gasteiger partial charge is 0.261 e. The van der Waals surface area contributed by atoms with Gasteiger partial charge in [0, 0.05) is 11.1 Å². The predicted molar refractivity (Wildman–Crippen MR) is 66.8 cm³/mol. The molecule has 7 heteroatoms. The molecule has 0 aliphatic rings. The van der Waals surface area contributed by atoms with Crippen LogP contribution in [-0.2, 0) is 0 Å². The van der Waals surface area contributed by atoms with Crippen molar-refractivity contribution in [1.82, 2.24) is 9.97 Å². The molecule has 0 amide bonds. The summed E-state index contributed by atoms with van der Waals surface area (Å²) in [5, 5.41) is 12.0. The van der Waals surface area contributed by atoms with Crippen LogP contribution in [0.2, 0.25) is 0 Å². The highest BCUT2D eigenvalue weighted by molar-refractivity contribution is 7.99. The highest BCUT2D eigenvalue weighted by Crippen LogP contribution is 2.27. The molecule has 18 heavy (non-hydrogen) atoms. The van der Waals surface area contributed by atoms with Crippen LogP contribution in [-0.4, -0.2) is 21.0 Å². The quantitative estimate of drug-likeness (QED) is 0.380. The highest BCUT2D eigenvalue weighted by atomic mass is 32.2. The maximum atomic E-state index is 8.52. The van der Waals surface area contributed by atoms with E-state index in [-0.39, 0.29) is 5.84 Å². The van der Waals surface area contributed by atoms with Gasteiger partial charge in [-0.2, -0.15) is 0 Å². The molecule has 3 N–H and O–H groups in total. The monoisotopic (exact) mass is 264 g/mol. The Morgan fingerprint density at radius 1 is 1.44 bits per heavy atom. The third-order valence-corrected chi connectivity index (χ3v) is 3.15. The Morgan fingerprint density at radius 2 is 2.22 bits per heavy atom. The minimum Gasteiger partial charge on any atom is -0.436 e. The number of amidine groups is 1. The lowest BCUT2D eigenvalue weighted by Gasteiger charge is -1.99. The van der Waals surface area contributed by atoms with Crippen molar-refractivity contribution in [3.05, 3.63) is 35.5 Å². The number of hydrogen-bond acceptors (Lipinski definition) is 6. The number of rotatable bonds is 3. The van der Waals surface area contributed by atoms with Gasteiger partial charge in [0.15, 0.2) is 5.84 Å². The first-order chi connectivity index (χ1) is 8.60. The van der Waals surface area contributed by atoms with E-state index in [9.17, 15) is 0 Å². The average molecular weight is 264 g/mol. The fraction of sp³-hybridized carbons (Fsp3) is 0.182. The Hall–Kier alpha value is -2.02. The molecule has 2 aromatic heterocycles. The first-order valence-corrected chi connectivity index (χ1v) is 5.97. The molecule has 0 saturated heterocycles. The topological polar surface area (TPSA) is 97.5 Å². The Kier molecular flexibility index (Phi) is 3.52. The molecule has 0 radical (unpaired) electrons. The molecule has 0 bridgehead atoms. The molecule has 0 spiro atoms. The van der Waals surface area contributed by atoms with E-state index in [0.29, 0.717) is 10.9 Å². The zero-order chi connectivity index (χ0) is 13.1. The van der Waals surface area contributed by atoms with Crippen LogP contribution >= 0.6 is 11.8 Å². The van der Waals surface area contributed by atoms with Gasteiger partial charge in [0.2, 0.25) is 0 Å². The minimum atomic E-state index is -0.0191. The summed E-state index contributed by atoms with van der Waals surface area (Å²) in [4.78, 5) is 9.19. The summed E-state index contributed by atoms with van der Waals surface area (Å²) in [6.07, 6.45) is 1.62. The lowest BCUT2D eigenvalue weighted by Crippen LogP contribution is -2.14. The summed E-state index contributed by atoms with van der Waals surface area (Å²) in [6.45, 7) is 3.76. The molecule has 94 valence electrons. The van der Waals surface area contributed by atoms with Crippen LogP contribution < -0.4 is 5.73 Å². The van der Waals surface area contributed by atoms with E-state index in [1.165, 1.54) is 11.8 Å². The van der Waals surface area contributed by atoms with Gasteiger partial charge >= 0.3 is 0 Å². The fourth-order valence-electron chi connectivity index (χ4n) is 1.23. The van der Waals surface area contributed by atoms with Gasteiger partial charge in [-0.1, -0.05) is 5.16 Å². The predicted octanol–water partition coefficient (Wildman–Crippen LogP) is 1.93. The summed E-state index contributed by atoms with van der Waals surface area (Å²) in [7, 11) is 0. The number of aryl methyl sites for hydroxylation is 2. The summed E-state index contributed by atoms with van der Waals surface area (Å²) >= 11 is 1.37. The number of pyridine rings is 1. The molecule has 0 aliphatic heterocycles. The van der Waals surface area contributed by atoms with Gasteiger partial charge in [-0.3, -0.25) is 4.98 Å². The zero-order valence-corrected chi connectivity index (χ0v) is 10.7. The first kappa shape index (κ1) is 12.4. The lowest BCUT2D eigenvalue weighted by molar-refractivity contribution is 0.318. The molecule has 0 saturated carbocycles. The molecule has 0 fully saturated rings. The van der Waals surface area contributed by atoms with Crippen molar-refractivity contribution in [3.8, 4) is 0 Å². The second kappa shape index (κ2) is 5.09. The average Bonchev–Trinajstić information content (AvgIpc) is 2.68. The standard InChI is InChI=1S/C11H12N4O2S/c1-6-7(2)17-11(14-6)18-8-3-4-9(13-5-8)10(12)15-16/h3-5,16H,1-2H3,(H2,12,15). The summed E-state index contributed by atoms with van der Waals surface area (Å²) < 4.78 is 5.45. The number of oxazole rings is 1. The maximum absolute atomic E-state index is 8.52. The van der Waals surface area contributed by atoms with Gasteiger partial charge < -0.3 is 15.4 Å². The minimum absolute atomic E-state index is 0.0191. The molecule has 0 unspecified atom stereocenters. The fourth-order valence-corrected chi connectivity index (χ4v) is 2.02. The maximum Gasteiger partial charge on any atom is 0.261 e. The Bertz CT molecular complexity index is 558. The molecule has 2 aromatic rings. The van der Waals surface area contributed by atoms with Gasteiger partial charge in [-0.15, -0.1) is 0 Å². The normalized spacial score (nSPS) is 11.8. The second-order valence-electron chi connectivity index (χ2n) is 3.59. The van der Waals surface area contributed by atoms with Crippen molar-refractivity contribution in [1.29, 1.82) is 0 Å². The third-order valence-electron chi connectivity index (χ3n) is 2.32. The summed E-state index contributed by atoms with van der Waals surface area (Å²) in [5.41, 5.74) is 6.71. The largest absolute Gasteiger partial charge is 0.436 e. The number of hydrogen-bond donors (Lipinski definition) is 2. The van der Waals surface area contributed by atoms with E-state index < -0.39 is 0 Å². The number of nitrogens with two attached hydrogens (primary N) is 1. The van der Waals surface area contributed by atoms with Crippen LogP contribution in [0.25, 0.3) is 0 Å². The number of aromatic nitrogens is 2. The SMILES string of the molecule is Cc1nc(Sc2ccc(/C(N)=N/O)nc2)oc1C. The van der Waals surface area contributed by atoms with Crippen molar-refractivity contribution in [2.75, 3.05) is 0 Å².